The first-order valence-corrected chi connectivity index (χ1v) is 12.9. The third-order valence-corrected chi connectivity index (χ3v) is 6.54. The van der Waals surface area contributed by atoms with Crippen LogP contribution in [0.15, 0.2) is 48.5 Å². The molecule has 0 aromatic heterocycles. The molecule has 3 rings (SSSR count). The minimum Gasteiger partial charge on any atom is -0.465 e. The molecular formula is C23H28ClN3O5S. The summed E-state index contributed by atoms with van der Waals surface area (Å²) >= 11 is 5.99. The Kier molecular flexibility index (Phi) is 8.34. The van der Waals surface area contributed by atoms with E-state index in [-0.39, 0.29) is 11.6 Å². The molecule has 8 nitrogen and oxygen atoms in total. The number of piperidine rings is 1. The summed E-state index contributed by atoms with van der Waals surface area (Å²) in [4.78, 5) is 27.1. The van der Waals surface area contributed by atoms with Gasteiger partial charge in [-0.15, -0.1) is 0 Å². The van der Waals surface area contributed by atoms with Crippen LogP contribution in [0, 0.1) is 0 Å². The zero-order valence-corrected chi connectivity index (χ0v) is 20.0. The van der Waals surface area contributed by atoms with Crippen molar-refractivity contribution in [3.63, 3.8) is 0 Å². The summed E-state index contributed by atoms with van der Waals surface area (Å²) < 4.78 is 24.5. The molecule has 1 heterocycles. The molecule has 0 atom stereocenters. The van der Waals surface area contributed by atoms with Crippen molar-refractivity contribution in [2.45, 2.75) is 31.8 Å². The predicted molar refractivity (Wildman–Crippen MR) is 127 cm³/mol. The molecule has 1 fully saturated rings. The van der Waals surface area contributed by atoms with Gasteiger partial charge in [-0.25, -0.2) is 17.9 Å². The van der Waals surface area contributed by atoms with Crippen LogP contribution in [0.1, 0.15) is 34.3 Å². The SMILES string of the molecule is CS(=O)(=O)NC(=O)c1ccc(CN(CCc2ccc(Cl)cc2)C2CCN(C(=O)O)CC2)cc1. The van der Waals surface area contributed by atoms with Crippen LogP contribution in [-0.2, 0) is 23.0 Å². The fourth-order valence-corrected chi connectivity index (χ4v) is 4.54. The average Bonchev–Trinajstić information content (AvgIpc) is 2.77. The van der Waals surface area contributed by atoms with Gasteiger partial charge in [0.15, 0.2) is 0 Å². The molecule has 0 spiro atoms. The van der Waals surface area contributed by atoms with E-state index in [0.29, 0.717) is 24.7 Å². The number of halogens is 1. The van der Waals surface area contributed by atoms with Gasteiger partial charge in [0.05, 0.1) is 6.26 Å². The summed E-state index contributed by atoms with van der Waals surface area (Å²) in [6, 6.07) is 14.8. The maximum absolute atomic E-state index is 12.0. The smallest absolute Gasteiger partial charge is 0.407 e. The van der Waals surface area contributed by atoms with E-state index < -0.39 is 22.0 Å². The van der Waals surface area contributed by atoms with Crippen molar-refractivity contribution < 1.29 is 23.1 Å². The lowest BCUT2D eigenvalue weighted by molar-refractivity contribution is 0.0915. The Morgan fingerprint density at radius 2 is 1.64 bits per heavy atom. The fourth-order valence-electron chi connectivity index (χ4n) is 3.96. The number of nitrogens with zero attached hydrogens (tertiary/aromatic N) is 2. The van der Waals surface area contributed by atoms with Crippen LogP contribution in [0.25, 0.3) is 0 Å². The number of benzene rings is 2. The summed E-state index contributed by atoms with van der Waals surface area (Å²) in [7, 11) is -3.62. The number of nitrogens with one attached hydrogen (secondary N) is 1. The standard InChI is InChI=1S/C23H28ClN3O5S/c1-33(31,32)25-22(28)19-6-2-18(3-7-19)16-27(13-10-17-4-8-20(24)9-5-17)21-11-14-26(15-12-21)23(29)30/h2-9,21H,10-16H2,1H3,(H,25,28)(H,29,30). The lowest BCUT2D eigenvalue weighted by Gasteiger charge is -2.37. The molecule has 10 heteroatoms. The molecule has 1 aliphatic heterocycles. The fraction of sp³-hybridized carbons (Fsp3) is 0.391. The topological polar surface area (TPSA) is 107 Å². The molecule has 0 saturated carbocycles. The first-order chi connectivity index (χ1) is 15.6. The summed E-state index contributed by atoms with van der Waals surface area (Å²) in [5.74, 6) is -0.662. The van der Waals surface area contributed by atoms with Crippen molar-refractivity contribution in [1.82, 2.24) is 14.5 Å². The number of sulfonamides is 1. The second-order valence-electron chi connectivity index (χ2n) is 8.25. The zero-order valence-electron chi connectivity index (χ0n) is 18.4. The highest BCUT2D eigenvalue weighted by atomic mass is 35.5. The maximum Gasteiger partial charge on any atom is 0.407 e. The number of carboxylic acid groups (broad SMARTS) is 1. The molecule has 0 bridgehead atoms. The number of carbonyl (C=O) groups is 2. The highest BCUT2D eigenvalue weighted by molar-refractivity contribution is 7.89. The molecule has 1 aliphatic rings. The predicted octanol–water partition coefficient (Wildman–Crippen LogP) is 3.22. The largest absolute Gasteiger partial charge is 0.465 e. The van der Waals surface area contributed by atoms with Crippen LogP contribution in [0.2, 0.25) is 5.02 Å². The first-order valence-electron chi connectivity index (χ1n) is 10.7. The molecule has 178 valence electrons. The highest BCUT2D eigenvalue weighted by Gasteiger charge is 2.26. The summed E-state index contributed by atoms with van der Waals surface area (Å²) in [6.07, 6.45) is 2.38. The van der Waals surface area contributed by atoms with Gasteiger partial charge in [0.2, 0.25) is 10.0 Å². The number of rotatable bonds is 8. The molecular weight excluding hydrogens is 466 g/mol. The van der Waals surface area contributed by atoms with E-state index in [1.807, 2.05) is 41.1 Å². The van der Waals surface area contributed by atoms with Gasteiger partial charge < -0.3 is 10.0 Å². The van der Waals surface area contributed by atoms with Gasteiger partial charge in [-0.05, 0) is 54.7 Å². The van der Waals surface area contributed by atoms with Crippen LogP contribution in [0.4, 0.5) is 4.79 Å². The van der Waals surface area contributed by atoms with Gasteiger partial charge in [-0.3, -0.25) is 9.69 Å². The average molecular weight is 494 g/mol. The van der Waals surface area contributed by atoms with Crippen LogP contribution in [0.5, 0.6) is 0 Å². The Hall–Kier alpha value is -2.62. The van der Waals surface area contributed by atoms with Gasteiger partial charge in [-0.2, -0.15) is 0 Å². The minimum atomic E-state index is -3.62. The summed E-state index contributed by atoms with van der Waals surface area (Å²) in [5, 5.41) is 9.94. The highest BCUT2D eigenvalue weighted by Crippen LogP contribution is 2.21. The number of amides is 2. The van der Waals surface area contributed by atoms with Gasteiger partial charge in [-0.1, -0.05) is 35.9 Å². The first kappa shape index (κ1) is 25.0. The van der Waals surface area contributed by atoms with E-state index in [1.165, 1.54) is 10.5 Å². The van der Waals surface area contributed by atoms with E-state index in [4.69, 9.17) is 11.6 Å². The third kappa shape index (κ3) is 7.73. The molecule has 1 saturated heterocycles. The number of hydrogen-bond acceptors (Lipinski definition) is 5. The Labute approximate surface area is 199 Å². The number of hydrogen-bond donors (Lipinski definition) is 2. The van der Waals surface area contributed by atoms with E-state index in [1.54, 1.807) is 12.1 Å². The van der Waals surface area contributed by atoms with Gasteiger partial charge >= 0.3 is 6.09 Å². The number of carbonyl (C=O) groups excluding carboxylic acids is 1. The molecule has 2 aromatic rings. The van der Waals surface area contributed by atoms with Crippen molar-refractivity contribution in [1.29, 1.82) is 0 Å². The number of likely N-dealkylation sites (tertiary alicyclic amines) is 1. The van der Waals surface area contributed by atoms with Crippen LogP contribution in [0.3, 0.4) is 0 Å². The molecule has 2 amide bonds. The summed E-state index contributed by atoms with van der Waals surface area (Å²) in [6.45, 7) is 2.43. The van der Waals surface area contributed by atoms with Crippen molar-refractivity contribution in [2.24, 2.45) is 0 Å². The third-order valence-electron chi connectivity index (χ3n) is 5.73. The Bertz CT molecular complexity index is 1070. The van der Waals surface area contributed by atoms with Crippen molar-refractivity contribution in [2.75, 3.05) is 25.9 Å². The van der Waals surface area contributed by atoms with E-state index in [9.17, 15) is 23.1 Å². The van der Waals surface area contributed by atoms with E-state index in [2.05, 4.69) is 4.90 Å². The second-order valence-corrected chi connectivity index (χ2v) is 10.4. The quantitative estimate of drug-likeness (QED) is 0.584. The monoisotopic (exact) mass is 493 g/mol. The Balaban J connectivity index is 1.69. The lowest BCUT2D eigenvalue weighted by atomic mass is 10.0. The van der Waals surface area contributed by atoms with Gasteiger partial charge in [0.25, 0.3) is 5.91 Å². The molecule has 0 radical (unpaired) electrons. The van der Waals surface area contributed by atoms with Crippen LogP contribution in [-0.4, -0.2) is 67.3 Å². The van der Waals surface area contributed by atoms with Gasteiger partial charge in [0, 0.05) is 42.8 Å². The van der Waals surface area contributed by atoms with Crippen molar-refractivity contribution in [3.05, 3.63) is 70.2 Å². The normalized spacial score (nSPS) is 14.9. The Morgan fingerprint density at radius 3 is 2.18 bits per heavy atom. The van der Waals surface area contributed by atoms with E-state index in [0.717, 1.165) is 37.6 Å². The van der Waals surface area contributed by atoms with Crippen molar-refractivity contribution in [3.8, 4) is 0 Å². The minimum absolute atomic E-state index is 0.237. The van der Waals surface area contributed by atoms with E-state index >= 15 is 0 Å². The molecule has 33 heavy (non-hydrogen) atoms. The van der Waals surface area contributed by atoms with Crippen molar-refractivity contribution >= 4 is 33.6 Å². The molecule has 0 unspecified atom stereocenters. The Morgan fingerprint density at radius 1 is 1.06 bits per heavy atom. The maximum atomic E-state index is 12.0. The second kappa shape index (κ2) is 11.0. The van der Waals surface area contributed by atoms with Crippen LogP contribution >= 0.6 is 11.6 Å². The molecule has 0 aliphatic carbocycles. The molecule has 2 aromatic carbocycles. The van der Waals surface area contributed by atoms with Crippen LogP contribution < -0.4 is 4.72 Å². The molecule has 2 N–H and O–H groups in total. The summed E-state index contributed by atoms with van der Waals surface area (Å²) in [5.41, 5.74) is 2.43. The zero-order chi connectivity index (χ0) is 24.0. The lowest BCUT2D eigenvalue weighted by Crippen LogP contribution is -2.46. The van der Waals surface area contributed by atoms with Gasteiger partial charge in [0.1, 0.15) is 0 Å².